The summed E-state index contributed by atoms with van der Waals surface area (Å²) in [5.74, 6) is 0.537. The number of hydrogen-bond acceptors (Lipinski definition) is 4. The molecule has 0 atom stereocenters. The van der Waals surface area contributed by atoms with Crippen LogP contribution in [0.4, 0.5) is 0 Å². The number of benzene rings is 2. The lowest BCUT2D eigenvalue weighted by atomic mass is 10.0. The number of rotatable bonds is 5. The van der Waals surface area contributed by atoms with Gasteiger partial charge in [0.15, 0.2) is 5.78 Å². The van der Waals surface area contributed by atoms with E-state index in [1.807, 2.05) is 6.92 Å². The molecule has 2 aromatic rings. The van der Waals surface area contributed by atoms with E-state index in [4.69, 9.17) is 9.47 Å². The van der Waals surface area contributed by atoms with Crippen molar-refractivity contribution in [3.05, 3.63) is 59.7 Å². The molecule has 0 aromatic heterocycles. The van der Waals surface area contributed by atoms with Crippen molar-refractivity contribution in [3.8, 4) is 11.5 Å². The molecule has 0 fully saturated rings. The number of carbonyl (C=O) groups excluding carboxylic acids is 2. The lowest BCUT2D eigenvalue weighted by Gasteiger charge is -2.06. The molecule has 0 saturated heterocycles. The molecular weight excluding hydrogens is 268 g/mol. The molecule has 0 unspecified atom stereocenters. The van der Waals surface area contributed by atoms with Gasteiger partial charge in [-0.1, -0.05) is 12.1 Å². The van der Waals surface area contributed by atoms with E-state index >= 15 is 0 Å². The Hall–Kier alpha value is -2.62. The van der Waals surface area contributed by atoms with E-state index in [1.165, 1.54) is 6.92 Å². The standard InChI is InChI=1S/C17H16O4/c1-3-20-15-9-7-13(8-10-15)17(19)14-5-4-6-16(11-14)21-12(2)18/h4-11H,3H2,1-2H3. The highest BCUT2D eigenvalue weighted by Crippen LogP contribution is 2.19. The Labute approximate surface area is 123 Å². The normalized spacial score (nSPS) is 10.0. The predicted molar refractivity (Wildman–Crippen MR) is 78.8 cm³/mol. The highest BCUT2D eigenvalue weighted by molar-refractivity contribution is 6.09. The van der Waals surface area contributed by atoms with Crippen LogP contribution < -0.4 is 9.47 Å². The van der Waals surface area contributed by atoms with Crippen molar-refractivity contribution in [1.82, 2.24) is 0 Å². The smallest absolute Gasteiger partial charge is 0.308 e. The van der Waals surface area contributed by atoms with Gasteiger partial charge in [0.2, 0.25) is 0 Å². The summed E-state index contributed by atoms with van der Waals surface area (Å²) in [7, 11) is 0. The maximum absolute atomic E-state index is 12.4. The lowest BCUT2D eigenvalue weighted by molar-refractivity contribution is -0.131. The fraction of sp³-hybridized carbons (Fsp3) is 0.176. The monoisotopic (exact) mass is 284 g/mol. The summed E-state index contributed by atoms with van der Waals surface area (Å²) >= 11 is 0. The van der Waals surface area contributed by atoms with Crippen molar-refractivity contribution in [1.29, 1.82) is 0 Å². The fourth-order valence-electron chi connectivity index (χ4n) is 1.90. The number of hydrogen-bond donors (Lipinski definition) is 0. The van der Waals surface area contributed by atoms with Crippen LogP contribution >= 0.6 is 0 Å². The zero-order chi connectivity index (χ0) is 15.2. The summed E-state index contributed by atoms with van der Waals surface area (Å²) in [6.45, 7) is 3.80. The van der Waals surface area contributed by atoms with Gasteiger partial charge in [0.1, 0.15) is 11.5 Å². The van der Waals surface area contributed by atoms with Gasteiger partial charge in [0.05, 0.1) is 6.61 Å². The summed E-state index contributed by atoms with van der Waals surface area (Å²) in [6.07, 6.45) is 0. The van der Waals surface area contributed by atoms with Crippen LogP contribution in [0, 0.1) is 0 Å². The largest absolute Gasteiger partial charge is 0.494 e. The minimum absolute atomic E-state index is 0.132. The first kappa shape index (κ1) is 14.8. The first-order chi connectivity index (χ1) is 10.1. The average molecular weight is 284 g/mol. The highest BCUT2D eigenvalue weighted by Gasteiger charge is 2.10. The molecular formula is C17H16O4. The van der Waals surface area contributed by atoms with Crippen molar-refractivity contribution in [2.24, 2.45) is 0 Å². The quantitative estimate of drug-likeness (QED) is 0.480. The Bertz CT molecular complexity index is 644. The second-order valence-corrected chi connectivity index (χ2v) is 4.41. The Balaban J connectivity index is 2.21. The number of carbonyl (C=O) groups is 2. The fourth-order valence-corrected chi connectivity index (χ4v) is 1.90. The lowest BCUT2D eigenvalue weighted by Crippen LogP contribution is -2.04. The van der Waals surface area contributed by atoms with Crippen molar-refractivity contribution in [2.75, 3.05) is 6.61 Å². The van der Waals surface area contributed by atoms with Crippen molar-refractivity contribution in [3.63, 3.8) is 0 Å². The highest BCUT2D eigenvalue weighted by atomic mass is 16.5. The SMILES string of the molecule is CCOc1ccc(C(=O)c2cccc(OC(C)=O)c2)cc1. The van der Waals surface area contributed by atoms with Crippen LogP contribution in [-0.2, 0) is 4.79 Å². The first-order valence-electron chi connectivity index (χ1n) is 6.66. The molecule has 0 aliphatic carbocycles. The molecule has 2 rings (SSSR count). The zero-order valence-electron chi connectivity index (χ0n) is 12.0. The molecule has 108 valence electrons. The second kappa shape index (κ2) is 6.70. The van der Waals surface area contributed by atoms with Crippen LogP contribution in [0.1, 0.15) is 29.8 Å². The molecule has 4 heteroatoms. The Kier molecular flexibility index (Phi) is 4.72. The minimum atomic E-state index is -0.416. The first-order valence-corrected chi connectivity index (χ1v) is 6.66. The van der Waals surface area contributed by atoms with Gasteiger partial charge >= 0.3 is 5.97 Å². The van der Waals surface area contributed by atoms with Crippen LogP contribution in [0.25, 0.3) is 0 Å². The van der Waals surface area contributed by atoms with Crippen molar-refractivity contribution >= 4 is 11.8 Å². The van der Waals surface area contributed by atoms with Gasteiger partial charge in [-0.3, -0.25) is 9.59 Å². The molecule has 0 saturated carbocycles. The number of ether oxygens (including phenoxy) is 2. The van der Waals surface area contributed by atoms with E-state index in [-0.39, 0.29) is 5.78 Å². The molecule has 0 bridgehead atoms. The molecule has 0 aliphatic rings. The average Bonchev–Trinajstić information content (AvgIpc) is 2.47. The van der Waals surface area contributed by atoms with E-state index in [0.29, 0.717) is 23.5 Å². The van der Waals surface area contributed by atoms with E-state index in [1.54, 1.807) is 48.5 Å². The summed E-state index contributed by atoms with van der Waals surface area (Å²) in [4.78, 5) is 23.3. The van der Waals surface area contributed by atoms with Gasteiger partial charge in [-0.05, 0) is 43.3 Å². The predicted octanol–water partition coefficient (Wildman–Crippen LogP) is 3.24. The van der Waals surface area contributed by atoms with E-state index in [2.05, 4.69) is 0 Å². The number of esters is 1. The third-order valence-corrected chi connectivity index (χ3v) is 2.79. The Morgan fingerprint density at radius 2 is 1.67 bits per heavy atom. The Morgan fingerprint density at radius 1 is 0.952 bits per heavy atom. The van der Waals surface area contributed by atoms with Crippen molar-refractivity contribution < 1.29 is 19.1 Å². The molecule has 4 nitrogen and oxygen atoms in total. The molecule has 0 aliphatic heterocycles. The third-order valence-electron chi connectivity index (χ3n) is 2.79. The van der Waals surface area contributed by atoms with Crippen LogP contribution in [-0.4, -0.2) is 18.4 Å². The molecule has 2 aromatic carbocycles. The van der Waals surface area contributed by atoms with E-state index in [9.17, 15) is 9.59 Å². The van der Waals surface area contributed by atoms with E-state index < -0.39 is 5.97 Å². The van der Waals surface area contributed by atoms with Crippen LogP contribution in [0.15, 0.2) is 48.5 Å². The van der Waals surface area contributed by atoms with Gasteiger partial charge in [-0.15, -0.1) is 0 Å². The topological polar surface area (TPSA) is 52.6 Å². The summed E-state index contributed by atoms with van der Waals surface area (Å²) < 4.78 is 10.3. The van der Waals surface area contributed by atoms with Gasteiger partial charge in [0, 0.05) is 18.1 Å². The summed E-state index contributed by atoms with van der Waals surface area (Å²) in [5.41, 5.74) is 1.02. The van der Waals surface area contributed by atoms with Crippen LogP contribution in [0.2, 0.25) is 0 Å². The van der Waals surface area contributed by atoms with Gasteiger partial charge in [0.25, 0.3) is 0 Å². The maximum atomic E-state index is 12.4. The molecule has 0 radical (unpaired) electrons. The third kappa shape index (κ3) is 3.92. The maximum Gasteiger partial charge on any atom is 0.308 e. The molecule has 0 amide bonds. The summed E-state index contributed by atoms with van der Waals surface area (Å²) in [5, 5.41) is 0. The van der Waals surface area contributed by atoms with Crippen molar-refractivity contribution in [2.45, 2.75) is 13.8 Å². The minimum Gasteiger partial charge on any atom is -0.494 e. The van der Waals surface area contributed by atoms with Gasteiger partial charge in [-0.2, -0.15) is 0 Å². The molecule has 0 N–H and O–H groups in total. The molecule has 21 heavy (non-hydrogen) atoms. The molecule has 0 heterocycles. The van der Waals surface area contributed by atoms with Crippen LogP contribution in [0.3, 0.4) is 0 Å². The van der Waals surface area contributed by atoms with Gasteiger partial charge in [-0.25, -0.2) is 0 Å². The van der Waals surface area contributed by atoms with Gasteiger partial charge < -0.3 is 9.47 Å². The Morgan fingerprint density at radius 3 is 2.29 bits per heavy atom. The zero-order valence-corrected chi connectivity index (χ0v) is 12.0. The van der Waals surface area contributed by atoms with E-state index in [0.717, 1.165) is 5.75 Å². The molecule has 0 spiro atoms. The second-order valence-electron chi connectivity index (χ2n) is 4.41. The van der Waals surface area contributed by atoms with Crippen LogP contribution in [0.5, 0.6) is 11.5 Å². The number of ketones is 1. The summed E-state index contributed by atoms with van der Waals surface area (Å²) in [6, 6.07) is 13.5.